The van der Waals surface area contributed by atoms with E-state index >= 15 is 0 Å². The van der Waals surface area contributed by atoms with Crippen LogP contribution in [0.5, 0.6) is 0 Å². The number of hydrogen-bond donors (Lipinski definition) is 2. The van der Waals surface area contributed by atoms with Gasteiger partial charge in [0.15, 0.2) is 5.96 Å². The van der Waals surface area contributed by atoms with Crippen molar-refractivity contribution in [2.45, 2.75) is 53.1 Å². The molecule has 0 amide bonds. The molecule has 0 saturated carbocycles. The van der Waals surface area contributed by atoms with Crippen LogP contribution >= 0.6 is 24.0 Å². The molecule has 0 radical (unpaired) electrons. The van der Waals surface area contributed by atoms with Gasteiger partial charge in [-0.1, -0.05) is 26.8 Å². The minimum absolute atomic E-state index is 0. The van der Waals surface area contributed by atoms with E-state index in [-0.39, 0.29) is 29.8 Å². The number of nitrogens with zero attached hydrogens (tertiary/aromatic N) is 4. The monoisotopic (exact) mass is 562 g/mol. The van der Waals surface area contributed by atoms with Gasteiger partial charge in [-0.3, -0.25) is 4.99 Å². The average Bonchev–Trinajstić information content (AvgIpc) is 2.79. The van der Waals surface area contributed by atoms with Crippen LogP contribution in [0.25, 0.3) is 0 Å². The Balaban J connectivity index is 0.00000512. The summed E-state index contributed by atoms with van der Waals surface area (Å²) in [6.45, 7) is 17.5. The lowest BCUT2D eigenvalue weighted by Crippen LogP contribution is -2.46. The number of piperazine rings is 1. The quantitative estimate of drug-likeness (QED) is 0.245. The molecule has 1 atom stereocenters. The van der Waals surface area contributed by atoms with E-state index in [0.717, 1.165) is 76.7 Å². The van der Waals surface area contributed by atoms with Gasteiger partial charge in [0.2, 0.25) is 0 Å². The summed E-state index contributed by atoms with van der Waals surface area (Å²) < 4.78 is 14.8. The van der Waals surface area contributed by atoms with E-state index in [1.807, 2.05) is 12.1 Å². The van der Waals surface area contributed by atoms with Crippen molar-refractivity contribution in [2.24, 2.45) is 4.99 Å². The molecule has 0 aromatic heterocycles. The summed E-state index contributed by atoms with van der Waals surface area (Å²) in [6, 6.07) is 5.91. The van der Waals surface area contributed by atoms with Crippen LogP contribution in [0.3, 0.4) is 0 Å². The molecule has 6 nitrogen and oxygen atoms in total. The number of anilines is 1. The smallest absolute Gasteiger partial charge is 0.191 e. The molecule has 0 aliphatic carbocycles. The fraction of sp³-hybridized carbons (Fsp3) is 0.708. The van der Waals surface area contributed by atoms with Gasteiger partial charge < -0.3 is 25.3 Å². The normalized spacial score (nSPS) is 16.1. The van der Waals surface area contributed by atoms with Crippen LogP contribution in [0.2, 0.25) is 0 Å². The molecule has 1 aromatic rings. The Bertz CT molecular complexity index is 674. The Labute approximate surface area is 212 Å². The SMILES string of the molecule is CCN(CC)CCCC(C)NC(=NC)NCc1ccc(N2CCN(CC)CC2)c(F)c1.I. The van der Waals surface area contributed by atoms with Crippen LogP contribution in [-0.2, 0) is 6.54 Å². The van der Waals surface area contributed by atoms with Crippen molar-refractivity contribution in [1.82, 2.24) is 20.4 Å². The van der Waals surface area contributed by atoms with Crippen LogP contribution in [0.1, 0.15) is 46.1 Å². The van der Waals surface area contributed by atoms with Crippen LogP contribution in [-0.4, -0.2) is 81.2 Å². The summed E-state index contributed by atoms with van der Waals surface area (Å²) in [6.07, 6.45) is 2.25. The molecule has 0 spiro atoms. The van der Waals surface area contributed by atoms with Gasteiger partial charge in [0, 0.05) is 45.8 Å². The fourth-order valence-corrected chi connectivity index (χ4v) is 4.07. The van der Waals surface area contributed by atoms with Gasteiger partial charge in [-0.2, -0.15) is 0 Å². The van der Waals surface area contributed by atoms with E-state index in [9.17, 15) is 4.39 Å². The highest BCUT2D eigenvalue weighted by Gasteiger charge is 2.18. The van der Waals surface area contributed by atoms with E-state index in [2.05, 4.69) is 58.0 Å². The second kappa shape index (κ2) is 15.7. The van der Waals surface area contributed by atoms with Gasteiger partial charge in [0.25, 0.3) is 0 Å². The molecule has 1 aliphatic heterocycles. The number of likely N-dealkylation sites (N-methyl/N-ethyl adjacent to an activating group) is 1. The first kappa shape index (κ1) is 28.9. The van der Waals surface area contributed by atoms with E-state index in [4.69, 9.17) is 0 Å². The Morgan fingerprint density at radius 1 is 1.16 bits per heavy atom. The van der Waals surface area contributed by atoms with Gasteiger partial charge in [-0.15, -0.1) is 24.0 Å². The Hall–Kier alpha value is -1.13. The largest absolute Gasteiger partial charge is 0.367 e. The summed E-state index contributed by atoms with van der Waals surface area (Å²) in [4.78, 5) is 11.3. The van der Waals surface area contributed by atoms with Gasteiger partial charge in [0.1, 0.15) is 5.82 Å². The van der Waals surface area contributed by atoms with E-state index < -0.39 is 0 Å². The maximum absolute atomic E-state index is 14.8. The number of nitrogens with one attached hydrogen (secondary N) is 2. The molecule has 1 aliphatic rings. The first-order chi connectivity index (χ1) is 15.0. The molecule has 1 aromatic carbocycles. The highest BCUT2D eigenvalue weighted by molar-refractivity contribution is 14.0. The molecule has 2 rings (SSSR count). The fourth-order valence-electron chi connectivity index (χ4n) is 4.07. The summed E-state index contributed by atoms with van der Waals surface area (Å²) in [5.41, 5.74) is 1.63. The van der Waals surface area contributed by atoms with Crippen molar-refractivity contribution >= 4 is 35.6 Å². The van der Waals surface area contributed by atoms with Crippen LogP contribution in [0.15, 0.2) is 23.2 Å². The Morgan fingerprint density at radius 2 is 1.84 bits per heavy atom. The summed E-state index contributed by atoms with van der Waals surface area (Å²) >= 11 is 0. The van der Waals surface area contributed by atoms with E-state index in [1.165, 1.54) is 0 Å². The van der Waals surface area contributed by atoms with Crippen LogP contribution < -0.4 is 15.5 Å². The molecule has 1 unspecified atom stereocenters. The maximum atomic E-state index is 14.8. The molecule has 8 heteroatoms. The molecule has 32 heavy (non-hydrogen) atoms. The predicted octanol–water partition coefficient (Wildman–Crippen LogP) is 3.76. The molecule has 1 fully saturated rings. The zero-order chi connectivity index (χ0) is 22.6. The zero-order valence-electron chi connectivity index (χ0n) is 20.7. The third-order valence-corrected chi connectivity index (χ3v) is 6.24. The lowest BCUT2D eigenvalue weighted by molar-refractivity contribution is 0.270. The van der Waals surface area contributed by atoms with Crippen molar-refractivity contribution in [3.63, 3.8) is 0 Å². The zero-order valence-corrected chi connectivity index (χ0v) is 23.0. The average molecular weight is 563 g/mol. The van der Waals surface area contributed by atoms with Crippen molar-refractivity contribution < 1.29 is 4.39 Å². The standard InChI is InChI=1S/C24H43FN6.HI/c1-6-29(7-2)13-9-10-20(4)28-24(26-5)27-19-21-11-12-23(22(25)18-21)31-16-14-30(8-3)15-17-31;/h11-12,18,20H,6-10,13-17,19H2,1-5H3,(H2,26,27,28);1H. The number of benzene rings is 1. The first-order valence-corrected chi connectivity index (χ1v) is 12.0. The van der Waals surface area contributed by atoms with Crippen molar-refractivity contribution in [1.29, 1.82) is 0 Å². The maximum Gasteiger partial charge on any atom is 0.191 e. The number of hydrogen-bond acceptors (Lipinski definition) is 4. The number of guanidine groups is 1. The molecule has 0 bridgehead atoms. The minimum Gasteiger partial charge on any atom is -0.367 e. The van der Waals surface area contributed by atoms with E-state index in [0.29, 0.717) is 18.3 Å². The van der Waals surface area contributed by atoms with E-state index in [1.54, 1.807) is 13.1 Å². The van der Waals surface area contributed by atoms with Crippen molar-refractivity contribution in [3.8, 4) is 0 Å². The van der Waals surface area contributed by atoms with Crippen molar-refractivity contribution in [2.75, 3.05) is 64.3 Å². The second-order valence-corrected chi connectivity index (χ2v) is 8.35. The van der Waals surface area contributed by atoms with Gasteiger partial charge in [-0.05, 0) is 63.6 Å². The van der Waals surface area contributed by atoms with Crippen molar-refractivity contribution in [3.05, 3.63) is 29.6 Å². The minimum atomic E-state index is -0.142. The Morgan fingerprint density at radius 3 is 2.41 bits per heavy atom. The number of rotatable bonds is 11. The summed E-state index contributed by atoms with van der Waals surface area (Å²) in [7, 11) is 1.78. The lowest BCUT2D eigenvalue weighted by atomic mass is 10.1. The second-order valence-electron chi connectivity index (χ2n) is 8.35. The summed E-state index contributed by atoms with van der Waals surface area (Å²) in [5.74, 6) is 0.618. The number of halogens is 2. The highest BCUT2D eigenvalue weighted by atomic mass is 127. The van der Waals surface area contributed by atoms with Gasteiger partial charge in [-0.25, -0.2) is 4.39 Å². The molecule has 1 heterocycles. The Kier molecular flexibility index (Phi) is 14.1. The van der Waals surface area contributed by atoms with Gasteiger partial charge >= 0.3 is 0 Å². The topological polar surface area (TPSA) is 46.1 Å². The first-order valence-electron chi connectivity index (χ1n) is 12.0. The molecule has 1 saturated heterocycles. The van der Waals surface area contributed by atoms with Gasteiger partial charge in [0.05, 0.1) is 5.69 Å². The highest BCUT2D eigenvalue weighted by Crippen LogP contribution is 2.22. The summed E-state index contributed by atoms with van der Waals surface area (Å²) in [5, 5.41) is 6.77. The predicted molar refractivity (Wildman–Crippen MR) is 146 cm³/mol. The third kappa shape index (κ3) is 9.39. The molecular weight excluding hydrogens is 518 g/mol. The third-order valence-electron chi connectivity index (χ3n) is 6.24. The molecule has 184 valence electrons. The number of aliphatic imine (C=N–C) groups is 1. The lowest BCUT2D eigenvalue weighted by Gasteiger charge is -2.35. The molecule has 2 N–H and O–H groups in total. The van der Waals surface area contributed by atoms with Crippen LogP contribution in [0.4, 0.5) is 10.1 Å². The van der Waals surface area contributed by atoms with Crippen LogP contribution in [0, 0.1) is 5.82 Å². The molecular formula is C24H44FIN6.